The second-order valence-electron chi connectivity index (χ2n) is 8.42. The highest BCUT2D eigenvalue weighted by Crippen LogP contribution is 2.64. The first-order chi connectivity index (χ1) is 10.9. The minimum absolute atomic E-state index is 0.0619. The van der Waals surface area contributed by atoms with Crippen molar-refractivity contribution < 1.29 is 8.92 Å². The van der Waals surface area contributed by atoms with Gasteiger partial charge in [0.1, 0.15) is 0 Å². The van der Waals surface area contributed by atoms with Gasteiger partial charge in [0.2, 0.25) is 0 Å². The zero-order valence-electron chi connectivity index (χ0n) is 17.8. The Morgan fingerprint density at radius 3 is 2.08 bits per heavy atom. The Balaban J connectivity index is 5.34. The molecule has 0 aliphatic carbocycles. The van der Waals surface area contributed by atoms with E-state index in [0.29, 0.717) is 6.54 Å². The molecule has 24 heavy (non-hydrogen) atoms. The molecule has 0 heterocycles. The number of hydrogen-bond acceptors (Lipinski definition) is 4. The standard InChI is InChI=1S/C19H44N2O2S/c1-10-12-17(2,3)23-24(9,16-11-14-21-15-13-20)19(6,7)18(4,5)22-8/h21H,10-16,20H2,1-9H3. The van der Waals surface area contributed by atoms with E-state index in [0.717, 1.165) is 38.1 Å². The van der Waals surface area contributed by atoms with Gasteiger partial charge in [0, 0.05) is 30.7 Å². The summed E-state index contributed by atoms with van der Waals surface area (Å²) in [6.45, 7) is 18.2. The van der Waals surface area contributed by atoms with Gasteiger partial charge in [0.25, 0.3) is 0 Å². The molecule has 0 radical (unpaired) electrons. The third-order valence-electron chi connectivity index (χ3n) is 5.51. The lowest BCUT2D eigenvalue weighted by Gasteiger charge is -2.58. The lowest BCUT2D eigenvalue weighted by atomic mass is 9.93. The summed E-state index contributed by atoms with van der Waals surface area (Å²) in [5, 5.41) is 3.40. The second kappa shape index (κ2) is 9.77. The number of nitrogens with one attached hydrogen (secondary N) is 1. The normalized spacial score (nSPS) is 17.6. The summed E-state index contributed by atoms with van der Waals surface area (Å²) in [7, 11) is 0.457. The lowest BCUT2D eigenvalue weighted by Crippen LogP contribution is -2.52. The maximum Gasteiger partial charge on any atom is 0.0768 e. The van der Waals surface area contributed by atoms with Gasteiger partial charge in [-0.3, -0.25) is 0 Å². The van der Waals surface area contributed by atoms with Gasteiger partial charge < -0.3 is 20.0 Å². The predicted molar refractivity (Wildman–Crippen MR) is 110 cm³/mol. The smallest absolute Gasteiger partial charge is 0.0768 e. The Bertz CT molecular complexity index is 359. The van der Waals surface area contributed by atoms with Crippen molar-refractivity contribution in [1.82, 2.24) is 5.32 Å². The van der Waals surface area contributed by atoms with Crippen molar-refractivity contribution in [3.05, 3.63) is 0 Å². The van der Waals surface area contributed by atoms with E-state index in [1.807, 2.05) is 7.11 Å². The summed E-state index contributed by atoms with van der Waals surface area (Å²) in [5.41, 5.74) is 5.21. The Kier molecular flexibility index (Phi) is 9.85. The number of nitrogens with two attached hydrogens (primary N) is 1. The topological polar surface area (TPSA) is 56.5 Å². The van der Waals surface area contributed by atoms with Crippen LogP contribution in [0.1, 0.15) is 67.7 Å². The quantitative estimate of drug-likeness (QED) is 0.484. The van der Waals surface area contributed by atoms with Crippen molar-refractivity contribution in [2.24, 2.45) is 5.73 Å². The highest BCUT2D eigenvalue weighted by Gasteiger charge is 2.50. The average Bonchev–Trinajstić information content (AvgIpc) is 2.45. The van der Waals surface area contributed by atoms with Crippen molar-refractivity contribution >= 4 is 10.3 Å². The van der Waals surface area contributed by atoms with Crippen LogP contribution in [0.25, 0.3) is 0 Å². The van der Waals surface area contributed by atoms with Gasteiger partial charge in [0.05, 0.1) is 11.2 Å². The first-order valence-corrected chi connectivity index (χ1v) is 11.4. The van der Waals surface area contributed by atoms with Crippen LogP contribution in [0.3, 0.4) is 0 Å². The molecule has 4 nitrogen and oxygen atoms in total. The zero-order valence-corrected chi connectivity index (χ0v) is 18.6. The SMILES string of the molecule is CCCC(C)(C)OS(C)(CCCNCCN)C(C)(C)C(C)(C)OC. The van der Waals surface area contributed by atoms with Crippen LogP contribution in [0.15, 0.2) is 0 Å². The number of hydrogen-bond donors (Lipinski definition) is 2. The zero-order chi connectivity index (χ0) is 19.1. The highest BCUT2D eigenvalue weighted by molar-refractivity contribution is 8.30. The van der Waals surface area contributed by atoms with Crippen LogP contribution in [-0.4, -0.2) is 54.7 Å². The molecule has 0 bridgehead atoms. The molecule has 1 atom stereocenters. The van der Waals surface area contributed by atoms with E-state index < -0.39 is 10.3 Å². The molecule has 3 N–H and O–H groups in total. The number of rotatable bonds is 13. The van der Waals surface area contributed by atoms with Gasteiger partial charge in [0.15, 0.2) is 0 Å². The van der Waals surface area contributed by atoms with Crippen LogP contribution < -0.4 is 11.1 Å². The van der Waals surface area contributed by atoms with Crippen molar-refractivity contribution in [1.29, 1.82) is 0 Å². The summed E-state index contributed by atoms with van der Waals surface area (Å²) < 4.78 is 12.7. The van der Waals surface area contributed by atoms with Crippen LogP contribution in [0.4, 0.5) is 0 Å². The maximum absolute atomic E-state index is 6.88. The van der Waals surface area contributed by atoms with Gasteiger partial charge in [-0.25, -0.2) is 0 Å². The molecule has 0 saturated carbocycles. The third-order valence-corrected chi connectivity index (χ3v) is 10.0. The van der Waals surface area contributed by atoms with Crippen LogP contribution in [0, 0.1) is 0 Å². The molecule has 148 valence electrons. The molecule has 0 aromatic heterocycles. The van der Waals surface area contributed by atoms with Gasteiger partial charge in [-0.15, -0.1) is 10.3 Å². The predicted octanol–water partition coefficient (Wildman–Crippen LogP) is 4.07. The number of ether oxygens (including phenoxy) is 1. The van der Waals surface area contributed by atoms with E-state index in [2.05, 4.69) is 60.0 Å². The van der Waals surface area contributed by atoms with E-state index in [4.69, 9.17) is 14.7 Å². The van der Waals surface area contributed by atoms with Gasteiger partial charge >= 0.3 is 0 Å². The van der Waals surface area contributed by atoms with Crippen molar-refractivity contribution in [2.45, 2.75) is 83.7 Å². The molecule has 0 spiro atoms. The van der Waals surface area contributed by atoms with Crippen LogP contribution in [0.2, 0.25) is 0 Å². The molecule has 0 saturated heterocycles. The first kappa shape index (κ1) is 24.2. The molecule has 0 aliphatic heterocycles. The minimum atomic E-state index is -1.35. The molecule has 0 amide bonds. The van der Waals surface area contributed by atoms with Crippen LogP contribution >= 0.6 is 10.3 Å². The third kappa shape index (κ3) is 6.49. The van der Waals surface area contributed by atoms with E-state index >= 15 is 0 Å². The molecule has 5 heteroatoms. The van der Waals surface area contributed by atoms with E-state index in [1.54, 1.807) is 0 Å². The van der Waals surface area contributed by atoms with Crippen LogP contribution in [0.5, 0.6) is 0 Å². The Morgan fingerprint density at radius 1 is 1.04 bits per heavy atom. The fourth-order valence-electron chi connectivity index (χ4n) is 3.01. The summed E-state index contributed by atoms with van der Waals surface area (Å²) in [6.07, 6.45) is 5.64. The first-order valence-electron chi connectivity index (χ1n) is 9.31. The fourth-order valence-corrected chi connectivity index (χ4v) is 6.71. The highest BCUT2D eigenvalue weighted by atomic mass is 32.3. The van der Waals surface area contributed by atoms with Crippen LogP contribution in [-0.2, 0) is 8.92 Å². The van der Waals surface area contributed by atoms with Gasteiger partial charge in [-0.2, -0.15) is 0 Å². The summed E-state index contributed by atoms with van der Waals surface area (Å²) in [5.74, 6) is 1.07. The molecular formula is C19H44N2O2S. The fraction of sp³-hybridized carbons (Fsp3) is 1.00. The largest absolute Gasteiger partial charge is 0.377 e. The van der Waals surface area contributed by atoms with E-state index in [1.165, 1.54) is 0 Å². The summed E-state index contributed by atoms with van der Waals surface area (Å²) >= 11 is 0. The summed E-state index contributed by atoms with van der Waals surface area (Å²) in [6, 6.07) is 0. The molecule has 1 unspecified atom stereocenters. The monoisotopic (exact) mass is 364 g/mol. The molecule has 0 aromatic rings. The average molecular weight is 365 g/mol. The van der Waals surface area contributed by atoms with E-state index in [-0.39, 0.29) is 15.9 Å². The van der Waals surface area contributed by atoms with Crippen molar-refractivity contribution in [3.8, 4) is 0 Å². The van der Waals surface area contributed by atoms with E-state index in [9.17, 15) is 0 Å². The lowest BCUT2D eigenvalue weighted by molar-refractivity contribution is -0.00926. The Labute approximate surface area is 153 Å². The van der Waals surface area contributed by atoms with Gasteiger partial charge in [-0.05, 0) is 67.2 Å². The number of methoxy groups -OCH3 is 1. The molecule has 0 aromatic carbocycles. The Hall–Kier alpha value is 0.190. The molecule has 0 rings (SSSR count). The molecule has 0 aliphatic rings. The van der Waals surface area contributed by atoms with Gasteiger partial charge in [-0.1, -0.05) is 13.3 Å². The van der Waals surface area contributed by atoms with Crippen molar-refractivity contribution in [2.75, 3.05) is 38.8 Å². The second-order valence-corrected chi connectivity index (χ2v) is 12.0. The summed E-state index contributed by atoms with van der Waals surface area (Å²) in [4.78, 5) is 0. The molecular weight excluding hydrogens is 320 g/mol. The van der Waals surface area contributed by atoms with Crippen molar-refractivity contribution in [3.63, 3.8) is 0 Å². The molecule has 0 fully saturated rings. The maximum atomic E-state index is 6.88. The Morgan fingerprint density at radius 2 is 1.62 bits per heavy atom. The minimum Gasteiger partial charge on any atom is -0.377 e.